The maximum atomic E-state index is 9.12. The third-order valence-electron chi connectivity index (χ3n) is 4.64. The van der Waals surface area contributed by atoms with Crippen LogP contribution in [0.2, 0.25) is 0 Å². The van der Waals surface area contributed by atoms with Gasteiger partial charge in [-0.25, -0.2) is 0 Å². The number of benzene rings is 1. The second-order valence-electron chi connectivity index (χ2n) is 6.33. The first-order valence-corrected chi connectivity index (χ1v) is 8.35. The Balaban J connectivity index is 1.60. The average molecular weight is 314 g/mol. The molecule has 1 fully saturated rings. The Morgan fingerprint density at radius 1 is 1.26 bits per heavy atom. The van der Waals surface area contributed by atoms with Gasteiger partial charge in [-0.15, -0.1) is 0 Å². The van der Waals surface area contributed by atoms with Gasteiger partial charge in [0.05, 0.1) is 18.8 Å². The minimum absolute atomic E-state index is 0.133. The number of hydrogen-bond acceptors (Lipinski definition) is 4. The summed E-state index contributed by atoms with van der Waals surface area (Å²) in [6.07, 6.45) is 1.16. The van der Waals surface area contributed by atoms with Gasteiger partial charge in [0.2, 0.25) is 0 Å². The second kappa shape index (κ2) is 7.15. The number of nitrogens with zero attached hydrogens (tertiary/aromatic N) is 3. The van der Waals surface area contributed by atoms with E-state index >= 15 is 0 Å². The highest BCUT2D eigenvalue weighted by Gasteiger charge is 2.24. The molecule has 1 unspecified atom stereocenters. The second-order valence-corrected chi connectivity index (χ2v) is 6.33. The molecule has 1 aliphatic rings. The number of aromatic nitrogens is 2. The molecule has 1 atom stereocenters. The van der Waals surface area contributed by atoms with Crippen LogP contribution in [0.15, 0.2) is 30.3 Å². The van der Waals surface area contributed by atoms with Gasteiger partial charge in [-0.2, -0.15) is 5.10 Å². The van der Waals surface area contributed by atoms with Crippen LogP contribution in [0, 0.1) is 13.8 Å². The van der Waals surface area contributed by atoms with Crippen molar-refractivity contribution in [2.75, 3.05) is 25.0 Å². The maximum Gasteiger partial charge on any atom is 0.0644 e. The summed E-state index contributed by atoms with van der Waals surface area (Å²) in [4.78, 5) is 2.49. The molecular weight excluding hydrogens is 288 g/mol. The Bertz CT molecular complexity index is 638. The molecule has 0 spiro atoms. The van der Waals surface area contributed by atoms with Crippen LogP contribution < -0.4 is 5.32 Å². The number of nitrogens with one attached hydrogen (secondary N) is 1. The normalized spacial score (nSPS) is 18.5. The van der Waals surface area contributed by atoms with E-state index < -0.39 is 0 Å². The van der Waals surface area contributed by atoms with E-state index in [9.17, 15) is 0 Å². The van der Waals surface area contributed by atoms with Crippen LogP contribution in [-0.2, 0) is 13.1 Å². The van der Waals surface area contributed by atoms with E-state index in [4.69, 9.17) is 5.11 Å². The number of aliphatic hydroxyl groups is 1. The SMILES string of the molecule is Cc1nn(CCO)c(C)c1CN1CCC(Nc2ccccc2)C1. The van der Waals surface area contributed by atoms with Gasteiger partial charge < -0.3 is 10.4 Å². The van der Waals surface area contributed by atoms with Gasteiger partial charge in [0.15, 0.2) is 0 Å². The van der Waals surface area contributed by atoms with E-state index in [0.29, 0.717) is 12.6 Å². The highest BCUT2D eigenvalue weighted by atomic mass is 16.3. The van der Waals surface area contributed by atoms with Crippen molar-refractivity contribution in [3.63, 3.8) is 0 Å². The largest absolute Gasteiger partial charge is 0.394 e. The summed E-state index contributed by atoms with van der Waals surface area (Å²) in [6.45, 7) is 7.97. The Morgan fingerprint density at radius 2 is 2.04 bits per heavy atom. The summed E-state index contributed by atoms with van der Waals surface area (Å²) in [5, 5.41) is 17.3. The van der Waals surface area contributed by atoms with Gasteiger partial charge in [0.25, 0.3) is 0 Å². The molecule has 124 valence electrons. The van der Waals surface area contributed by atoms with E-state index in [0.717, 1.165) is 31.7 Å². The first kappa shape index (κ1) is 16.0. The molecule has 2 aromatic rings. The number of aryl methyl sites for hydroxylation is 1. The Kier molecular flexibility index (Phi) is 4.98. The lowest BCUT2D eigenvalue weighted by atomic mass is 10.2. The van der Waals surface area contributed by atoms with Crippen molar-refractivity contribution in [3.8, 4) is 0 Å². The lowest BCUT2D eigenvalue weighted by molar-refractivity contribution is 0.267. The number of para-hydroxylation sites is 1. The molecule has 1 saturated heterocycles. The van der Waals surface area contributed by atoms with Crippen LogP contribution in [0.4, 0.5) is 5.69 Å². The molecule has 1 aromatic carbocycles. The van der Waals surface area contributed by atoms with Crippen molar-refractivity contribution in [2.45, 2.75) is 39.4 Å². The van der Waals surface area contributed by atoms with Crippen molar-refractivity contribution in [2.24, 2.45) is 0 Å². The van der Waals surface area contributed by atoms with Crippen molar-refractivity contribution < 1.29 is 5.11 Å². The van der Waals surface area contributed by atoms with Crippen molar-refractivity contribution in [3.05, 3.63) is 47.3 Å². The number of hydrogen-bond donors (Lipinski definition) is 2. The van der Waals surface area contributed by atoms with Gasteiger partial charge in [-0.3, -0.25) is 9.58 Å². The molecule has 5 nitrogen and oxygen atoms in total. The Morgan fingerprint density at radius 3 is 2.78 bits per heavy atom. The summed E-state index contributed by atoms with van der Waals surface area (Å²) in [5.41, 5.74) is 4.76. The van der Waals surface area contributed by atoms with Crippen LogP contribution in [0.3, 0.4) is 0 Å². The van der Waals surface area contributed by atoms with Crippen LogP contribution in [0.1, 0.15) is 23.4 Å². The van der Waals surface area contributed by atoms with Gasteiger partial charge >= 0.3 is 0 Å². The zero-order valence-corrected chi connectivity index (χ0v) is 14.0. The van der Waals surface area contributed by atoms with Crippen LogP contribution in [0.25, 0.3) is 0 Å². The van der Waals surface area contributed by atoms with Crippen LogP contribution >= 0.6 is 0 Å². The quantitative estimate of drug-likeness (QED) is 0.858. The Labute approximate surface area is 137 Å². The minimum Gasteiger partial charge on any atom is -0.394 e. The monoisotopic (exact) mass is 314 g/mol. The molecular formula is C18H26N4O. The summed E-state index contributed by atoms with van der Waals surface area (Å²) < 4.78 is 1.92. The predicted octanol–water partition coefficient (Wildman–Crippen LogP) is 2.18. The van der Waals surface area contributed by atoms with E-state index in [1.165, 1.54) is 16.9 Å². The highest BCUT2D eigenvalue weighted by Crippen LogP contribution is 2.21. The van der Waals surface area contributed by atoms with Crippen LogP contribution in [-0.4, -0.2) is 45.5 Å². The number of rotatable bonds is 6. The smallest absolute Gasteiger partial charge is 0.0644 e. The fraction of sp³-hybridized carbons (Fsp3) is 0.500. The number of aliphatic hydroxyl groups excluding tert-OH is 1. The standard InChI is InChI=1S/C18H26N4O/c1-14-18(15(2)22(20-14)10-11-23)13-21-9-8-17(12-21)19-16-6-4-3-5-7-16/h3-7,17,19,23H,8-13H2,1-2H3. The lowest BCUT2D eigenvalue weighted by Crippen LogP contribution is -2.26. The van der Waals surface area contributed by atoms with E-state index in [1.807, 2.05) is 10.7 Å². The summed E-state index contributed by atoms with van der Waals surface area (Å²) >= 11 is 0. The fourth-order valence-corrected chi connectivity index (χ4v) is 3.36. The molecule has 1 aromatic heterocycles. The van der Waals surface area contributed by atoms with Gasteiger partial charge in [-0.1, -0.05) is 18.2 Å². The van der Waals surface area contributed by atoms with E-state index in [-0.39, 0.29) is 6.61 Å². The van der Waals surface area contributed by atoms with Gasteiger partial charge in [0, 0.05) is 42.6 Å². The summed E-state index contributed by atoms with van der Waals surface area (Å²) in [6, 6.07) is 10.9. The van der Waals surface area contributed by atoms with Gasteiger partial charge in [-0.05, 0) is 32.4 Å². The van der Waals surface area contributed by atoms with E-state index in [1.54, 1.807) is 0 Å². The average Bonchev–Trinajstić information content (AvgIpc) is 3.09. The third-order valence-corrected chi connectivity index (χ3v) is 4.64. The molecule has 1 aliphatic heterocycles. The molecule has 0 aliphatic carbocycles. The summed E-state index contributed by atoms with van der Waals surface area (Å²) in [5.74, 6) is 0. The highest BCUT2D eigenvalue weighted by molar-refractivity contribution is 5.43. The summed E-state index contributed by atoms with van der Waals surface area (Å²) in [7, 11) is 0. The zero-order chi connectivity index (χ0) is 16.2. The molecule has 2 N–H and O–H groups in total. The molecule has 2 heterocycles. The van der Waals surface area contributed by atoms with Crippen molar-refractivity contribution in [1.29, 1.82) is 0 Å². The molecule has 0 amide bonds. The minimum atomic E-state index is 0.133. The van der Waals surface area contributed by atoms with Gasteiger partial charge in [0.1, 0.15) is 0 Å². The van der Waals surface area contributed by atoms with Crippen molar-refractivity contribution in [1.82, 2.24) is 14.7 Å². The molecule has 0 radical (unpaired) electrons. The fourth-order valence-electron chi connectivity index (χ4n) is 3.36. The molecule has 5 heteroatoms. The zero-order valence-electron chi connectivity index (χ0n) is 14.0. The molecule has 0 saturated carbocycles. The van der Waals surface area contributed by atoms with E-state index in [2.05, 4.69) is 53.4 Å². The van der Waals surface area contributed by atoms with Crippen molar-refractivity contribution >= 4 is 5.69 Å². The number of likely N-dealkylation sites (tertiary alicyclic amines) is 1. The molecule has 23 heavy (non-hydrogen) atoms. The Hall–Kier alpha value is -1.85. The molecule has 3 rings (SSSR count). The number of anilines is 1. The predicted molar refractivity (Wildman–Crippen MR) is 92.5 cm³/mol. The van der Waals surface area contributed by atoms with Crippen LogP contribution in [0.5, 0.6) is 0 Å². The topological polar surface area (TPSA) is 53.3 Å². The first-order valence-electron chi connectivity index (χ1n) is 8.35. The molecule has 0 bridgehead atoms. The third kappa shape index (κ3) is 3.74. The maximum absolute atomic E-state index is 9.12. The first-order chi connectivity index (χ1) is 11.2. The lowest BCUT2D eigenvalue weighted by Gasteiger charge is -2.17.